The lowest BCUT2D eigenvalue weighted by atomic mass is 10.1. The van der Waals surface area contributed by atoms with E-state index in [0.717, 1.165) is 22.6 Å². The molecule has 158 valence electrons. The summed E-state index contributed by atoms with van der Waals surface area (Å²) in [7, 11) is 1.62. The lowest BCUT2D eigenvalue weighted by Gasteiger charge is -2.23. The maximum atomic E-state index is 13.3. The molecule has 3 aromatic carbocycles. The van der Waals surface area contributed by atoms with E-state index in [1.54, 1.807) is 18.1 Å². The first-order valence-electron chi connectivity index (χ1n) is 10.1. The lowest BCUT2D eigenvalue weighted by molar-refractivity contribution is -0.120. The van der Waals surface area contributed by atoms with Crippen LogP contribution in [-0.2, 0) is 17.8 Å². The van der Waals surface area contributed by atoms with E-state index in [2.05, 4.69) is 11.9 Å². The van der Waals surface area contributed by atoms with Crippen LogP contribution in [0.2, 0.25) is 0 Å². The molecular weight excluding hydrogens is 388 g/mol. The highest BCUT2D eigenvalue weighted by molar-refractivity contribution is 6.06. The van der Waals surface area contributed by atoms with Crippen molar-refractivity contribution < 1.29 is 14.3 Å². The summed E-state index contributed by atoms with van der Waals surface area (Å²) >= 11 is 0. The standard InChI is InChI=1S/C26H26N2O3/c1-3-17-27-25(29)18-20-9-13-23(14-10-20)28(26(30)22-7-5-4-6-8-22)19-21-11-15-24(31-2)16-12-21/h3-16H,1,17-19H2,2H3,(H,27,29). The summed E-state index contributed by atoms with van der Waals surface area (Å²) in [6, 6.07) is 24.4. The van der Waals surface area contributed by atoms with E-state index in [-0.39, 0.29) is 18.2 Å². The summed E-state index contributed by atoms with van der Waals surface area (Å²) < 4.78 is 5.23. The second-order valence-corrected chi connectivity index (χ2v) is 7.04. The zero-order valence-corrected chi connectivity index (χ0v) is 17.6. The van der Waals surface area contributed by atoms with Crippen molar-refractivity contribution in [2.24, 2.45) is 0 Å². The van der Waals surface area contributed by atoms with E-state index in [1.165, 1.54) is 0 Å². The van der Waals surface area contributed by atoms with E-state index in [1.807, 2.05) is 78.9 Å². The SMILES string of the molecule is C=CCNC(=O)Cc1ccc(N(Cc2ccc(OC)cc2)C(=O)c2ccccc2)cc1. The zero-order valence-electron chi connectivity index (χ0n) is 17.6. The van der Waals surface area contributed by atoms with Gasteiger partial charge in [0.25, 0.3) is 5.91 Å². The number of hydrogen-bond acceptors (Lipinski definition) is 3. The van der Waals surface area contributed by atoms with Gasteiger partial charge in [0.2, 0.25) is 5.91 Å². The Hall–Kier alpha value is -3.86. The minimum Gasteiger partial charge on any atom is -0.497 e. The van der Waals surface area contributed by atoms with Gasteiger partial charge in [0, 0.05) is 17.8 Å². The van der Waals surface area contributed by atoms with Crippen LogP contribution in [0, 0.1) is 0 Å². The fourth-order valence-corrected chi connectivity index (χ4v) is 3.16. The lowest BCUT2D eigenvalue weighted by Crippen LogP contribution is -2.30. The molecule has 0 saturated heterocycles. The third-order valence-corrected chi connectivity index (χ3v) is 4.82. The van der Waals surface area contributed by atoms with Crippen molar-refractivity contribution >= 4 is 17.5 Å². The zero-order chi connectivity index (χ0) is 22.1. The van der Waals surface area contributed by atoms with Crippen molar-refractivity contribution in [3.63, 3.8) is 0 Å². The van der Waals surface area contributed by atoms with Crippen molar-refractivity contribution in [3.8, 4) is 5.75 Å². The van der Waals surface area contributed by atoms with Crippen LogP contribution in [0.1, 0.15) is 21.5 Å². The van der Waals surface area contributed by atoms with E-state index >= 15 is 0 Å². The summed E-state index contributed by atoms with van der Waals surface area (Å²) in [6.45, 7) is 4.45. The van der Waals surface area contributed by atoms with Gasteiger partial charge in [-0.05, 0) is 47.5 Å². The summed E-state index contributed by atoms with van der Waals surface area (Å²) in [6.07, 6.45) is 1.92. The number of carbonyl (C=O) groups excluding carboxylic acids is 2. The monoisotopic (exact) mass is 414 g/mol. The van der Waals surface area contributed by atoms with Crippen molar-refractivity contribution in [2.75, 3.05) is 18.6 Å². The first-order valence-corrected chi connectivity index (χ1v) is 10.1. The Bertz CT molecular complexity index is 1010. The molecular formula is C26H26N2O3. The van der Waals surface area contributed by atoms with Gasteiger partial charge in [0.05, 0.1) is 20.1 Å². The first kappa shape index (κ1) is 21.8. The van der Waals surface area contributed by atoms with Crippen molar-refractivity contribution in [1.29, 1.82) is 0 Å². The molecule has 3 rings (SSSR count). The summed E-state index contributed by atoms with van der Waals surface area (Å²) in [5.41, 5.74) is 3.24. The Morgan fingerprint density at radius 1 is 0.935 bits per heavy atom. The molecule has 5 heteroatoms. The Morgan fingerprint density at radius 3 is 2.19 bits per heavy atom. The maximum absolute atomic E-state index is 13.3. The van der Waals surface area contributed by atoms with Gasteiger partial charge < -0.3 is 15.0 Å². The largest absolute Gasteiger partial charge is 0.497 e. The Balaban J connectivity index is 1.83. The van der Waals surface area contributed by atoms with Crippen LogP contribution >= 0.6 is 0 Å². The number of ether oxygens (including phenoxy) is 1. The maximum Gasteiger partial charge on any atom is 0.258 e. The highest BCUT2D eigenvalue weighted by atomic mass is 16.5. The molecule has 1 N–H and O–H groups in total. The van der Waals surface area contributed by atoms with Crippen molar-refractivity contribution in [1.82, 2.24) is 5.32 Å². The van der Waals surface area contributed by atoms with Gasteiger partial charge >= 0.3 is 0 Å². The minimum atomic E-state index is -0.0899. The molecule has 0 atom stereocenters. The minimum absolute atomic E-state index is 0.0666. The number of anilines is 1. The van der Waals surface area contributed by atoms with Crippen LogP contribution in [0.4, 0.5) is 5.69 Å². The van der Waals surface area contributed by atoms with Gasteiger partial charge in [-0.25, -0.2) is 0 Å². The topological polar surface area (TPSA) is 58.6 Å². The fraction of sp³-hybridized carbons (Fsp3) is 0.154. The number of methoxy groups -OCH3 is 1. The second-order valence-electron chi connectivity index (χ2n) is 7.04. The van der Waals surface area contributed by atoms with Gasteiger partial charge in [-0.15, -0.1) is 6.58 Å². The highest BCUT2D eigenvalue weighted by Crippen LogP contribution is 2.22. The summed E-state index contributed by atoms with van der Waals surface area (Å²) in [4.78, 5) is 27.0. The predicted molar refractivity (Wildman–Crippen MR) is 123 cm³/mol. The molecule has 0 aromatic heterocycles. The molecule has 0 spiro atoms. The number of carbonyl (C=O) groups is 2. The molecule has 31 heavy (non-hydrogen) atoms. The van der Waals surface area contributed by atoms with Crippen LogP contribution < -0.4 is 15.0 Å². The van der Waals surface area contributed by atoms with E-state index in [9.17, 15) is 9.59 Å². The Morgan fingerprint density at radius 2 is 1.58 bits per heavy atom. The molecule has 0 aliphatic rings. The van der Waals surface area contributed by atoms with Gasteiger partial charge in [0.15, 0.2) is 0 Å². The molecule has 0 saturated carbocycles. The third kappa shape index (κ3) is 6.06. The summed E-state index contributed by atoms with van der Waals surface area (Å²) in [5.74, 6) is 0.611. The molecule has 0 fully saturated rings. The van der Waals surface area contributed by atoms with Crippen molar-refractivity contribution in [2.45, 2.75) is 13.0 Å². The molecule has 0 aliphatic carbocycles. The second kappa shape index (κ2) is 10.8. The van der Waals surface area contributed by atoms with E-state index in [4.69, 9.17) is 4.74 Å². The molecule has 0 aliphatic heterocycles. The fourth-order valence-electron chi connectivity index (χ4n) is 3.16. The quantitative estimate of drug-likeness (QED) is 0.529. The van der Waals surface area contributed by atoms with Gasteiger partial charge in [-0.3, -0.25) is 9.59 Å². The Kier molecular flexibility index (Phi) is 7.60. The number of hydrogen-bond donors (Lipinski definition) is 1. The molecule has 3 aromatic rings. The average molecular weight is 415 g/mol. The number of benzene rings is 3. The van der Waals surface area contributed by atoms with Crippen LogP contribution in [0.3, 0.4) is 0 Å². The molecule has 2 amide bonds. The highest BCUT2D eigenvalue weighted by Gasteiger charge is 2.18. The van der Waals surface area contributed by atoms with Gasteiger partial charge in [0.1, 0.15) is 5.75 Å². The van der Waals surface area contributed by atoms with Gasteiger partial charge in [-0.2, -0.15) is 0 Å². The Labute approximate surface area is 183 Å². The first-order chi connectivity index (χ1) is 15.1. The predicted octanol–water partition coefficient (Wildman–Crippen LogP) is 4.39. The van der Waals surface area contributed by atoms with Crippen LogP contribution in [0.25, 0.3) is 0 Å². The average Bonchev–Trinajstić information content (AvgIpc) is 2.82. The summed E-state index contributed by atoms with van der Waals surface area (Å²) in [5, 5.41) is 2.77. The number of nitrogens with zero attached hydrogens (tertiary/aromatic N) is 1. The number of nitrogens with one attached hydrogen (secondary N) is 1. The van der Waals surface area contributed by atoms with Crippen molar-refractivity contribution in [3.05, 3.63) is 108 Å². The number of rotatable bonds is 9. The van der Waals surface area contributed by atoms with Crippen LogP contribution in [0.5, 0.6) is 5.75 Å². The van der Waals surface area contributed by atoms with E-state index in [0.29, 0.717) is 18.7 Å². The van der Waals surface area contributed by atoms with Gasteiger partial charge in [-0.1, -0.05) is 48.5 Å². The molecule has 5 nitrogen and oxygen atoms in total. The van der Waals surface area contributed by atoms with Crippen LogP contribution in [-0.4, -0.2) is 25.5 Å². The third-order valence-electron chi connectivity index (χ3n) is 4.82. The molecule has 0 heterocycles. The van der Waals surface area contributed by atoms with E-state index < -0.39 is 0 Å². The molecule has 0 bridgehead atoms. The normalized spacial score (nSPS) is 10.2. The molecule has 0 radical (unpaired) electrons. The van der Waals surface area contributed by atoms with Crippen LogP contribution in [0.15, 0.2) is 91.5 Å². The smallest absolute Gasteiger partial charge is 0.258 e. The number of amides is 2. The molecule has 0 unspecified atom stereocenters.